The van der Waals surface area contributed by atoms with Gasteiger partial charge in [0.05, 0.1) is 0 Å². The number of likely N-dealkylation sites (N-methyl/N-ethyl adjacent to an activating group) is 2. The number of nitrogens with zero attached hydrogens (tertiary/aromatic N) is 4. The molecule has 0 bridgehead atoms. The average molecular weight is 567 g/mol. The molecule has 8 nitrogen and oxygen atoms in total. The summed E-state index contributed by atoms with van der Waals surface area (Å²) in [7, 11) is 4.13. The molecule has 0 radical (unpaired) electrons. The highest BCUT2D eigenvalue weighted by Crippen LogP contribution is 2.47. The number of carbonyl (C=O) groups excluding carboxylic acids is 2. The van der Waals surface area contributed by atoms with E-state index in [1.165, 1.54) is 5.57 Å². The predicted molar refractivity (Wildman–Crippen MR) is 164 cm³/mol. The number of carbonyl (C=O) groups is 2. The minimum Gasteiger partial charge on any atom is -0.410 e. The Morgan fingerprint density at radius 2 is 1.39 bits per heavy atom. The fourth-order valence-corrected chi connectivity index (χ4v) is 6.08. The van der Waals surface area contributed by atoms with E-state index in [1.54, 1.807) is 9.80 Å². The monoisotopic (exact) mass is 566 g/mol. The topological polar surface area (TPSA) is 65.6 Å². The number of amides is 2. The van der Waals surface area contributed by atoms with Crippen LogP contribution in [0.1, 0.15) is 69.9 Å². The Balaban J connectivity index is 1.76. The maximum atomic E-state index is 13.5. The van der Waals surface area contributed by atoms with E-state index >= 15 is 0 Å². The van der Waals surface area contributed by atoms with Gasteiger partial charge in [-0.1, -0.05) is 43.6 Å². The first kappa shape index (κ1) is 31.1. The first-order valence-electron chi connectivity index (χ1n) is 15.5. The zero-order valence-corrected chi connectivity index (χ0v) is 25.9. The quantitative estimate of drug-likeness (QED) is 0.287. The minimum atomic E-state index is -0.343. The summed E-state index contributed by atoms with van der Waals surface area (Å²) in [5.41, 5.74) is 4.17. The number of hydrogen-bond acceptors (Lipinski definition) is 6. The van der Waals surface area contributed by atoms with Crippen molar-refractivity contribution in [3.63, 3.8) is 0 Å². The summed E-state index contributed by atoms with van der Waals surface area (Å²) in [6.07, 6.45) is 7.59. The van der Waals surface area contributed by atoms with Gasteiger partial charge in [-0.15, -0.1) is 0 Å². The van der Waals surface area contributed by atoms with Crippen LogP contribution in [0.25, 0.3) is 0 Å². The van der Waals surface area contributed by atoms with E-state index in [4.69, 9.17) is 9.47 Å². The van der Waals surface area contributed by atoms with Crippen molar-refractivity contribution in [3.8, 4) is 11.5 Å². The van der Waals surface area contributed by atoms with Crippen molar-refractivity contribution in [2.75, 3.05) is 66.5 Å². The van der Waals surface area contributed by atoms with Gasteiger partial charge in [0.2, 0.25) is 0 Å². The van der Waals surface area contributed by atoms with E-state index in [0.717, 1.165) is 81.4 Å². The number of allylic oxidation sites excluding steroid dienone is 3. The zero-order valence-electron chi connectivity index (χ0n) is 25.9. The molecule has 2 amide bonds. The van der Waals surface area contributed by atoms with Gasteiger partial charge < -0.3 is 29.1 Å². The lowest BCUT2D eigenvalue weighted by Gasteiger charge is -2.35. The lowest BCUT2D eigenvalue weighted by Crippen LogP contribution is -2.48. The second-order valence-corrected chi connectivity index (χ2v) is 12.3. The number of unbranched alkanes of at least 4 members (excludes halogenated alkanes) is 2. The van der Waals surface area contributed by atoms with Gasteiger partial charge in [-0.3, -0.25) is 0 Å². The Hall–Kier alpha value is -2.84. The highest BCUT2D eigenvalue weighted by molar-refractivity contribution is 5.75. The van der Waals surface area contributed by atoms with Gasteiger partial charge in [0, 0.05) is 63.8 Å². The Labute approximate surface area is 246 Å². The smallest absolute Gasteiger partial charge is 0.410 e. The SMILES string of the molecule is C=C(C)[C@@H]1CCC(C)=C[C@H]1c1c(OC(=O)N2CCN(C)CC2)cc(CCCCC)cc1OC(=O)N1CCN(C)CC1. The van der Waals surface area contributed by atoms with Crippen molar-refractivity contribution < 1.29 is 19.1 Å². The van der Waals surface area contributed by atoms with E-state index in [2.05, 4.69) is 57.3 Å². The Bertz CT molecular complexity index is 1060. The third kappa shape index (κ3) is 8.13. The standard InChI is InChI=1S/C33H50N4O4/c1-7-8-9-10-26-22-29(40-32(38)36-17-13-34(5)14-18-36)31(28-21-25(4)11-12-27(28)24(2)3)30(23-26)41-33(39)37-19-15-35(6)16-20-37/h21-23,27-28H,2,7-20H2,1,3-6H3/t27-,28+/m0/s1. The lowest BCUT2D eigenvalue weighted by atomic mass is 9.73. The van der Waals surface area contributed by atoms with Crippen LogP contribution >= 0.6 is 0 Å². The Morgan fingerprint density at radius 3 is 1.85 bits per heavy atom. The molecule has 0 spiro atoms. The van der Waals surface area contributed by atoms with Crippen molar-refractivity contribution in [2.45, 2.75) is 65.2 Å². The van der Waals surface area contributed by atoms with Crippen LogP contribution in [0.4, 0.5) is 9.59 Å². The van der Waals surface area contributed by atoms with Crippen LogP contribution < -0.4 is 9.47 Å². The molecule has 2 fully saturated rings. The number of piperazine rings is 2. The largest absolute Gasteiger partial charge is 0.415 e. The molecule has 1 aromatic carbocycles. The molecule has 226 valence electrons. The van der Waals surface area contributed by atoms with Gasteiger partial charge in [0.15, 0.2) is 0 Å². The first-order valence-corrected chi connectivity index (χ1v) is 15.5. The summed E-state index contributed by atoms with van der Waals surface area (Å²) >= 11 is 0. The molecule has 41 heavy (non-hydrogen) atoms. The van der Waals surface area contributed by atoms with Crippen molar-refractivity contribution >= 4 is 12.2 Å². The second-order valence-electron chi connectivity index (χ2n) is 12.3. The normalized spacial score (nSPS) is 22.3. The highest BCUT2D eigenvalue weighted by Gasteiger charge is 2.34. The molecule has 2 saturated heterocycles. The zero-order chi connectivity index (χ0) is 29.5. The fourth-order valence-electron chi connectivity index (χ4n) is 6.08. The molecule has 3 aliphatic rings. The summed E-state index contributed by atoms with van der Waals surface area (Å²) in [6.45, 7) is 16.5. The Morgan fingerprint density at radius 1 is 0.878 bits per heavy atom. The lowest BCUT2D eigenvalue weighted by molar-refractivity contribution is 0.118. The van der Waals surface area contributed by atoms with Crippen molar-refractivity contribution in [3.05, 3.63) is 47.1 Å². The van der Waals surface area contributed by atoms with Crippen LogP contribution in [-0.2, 0) is 6.42 Å². The van der Waals surface area contributed by atoms with Crippen molar-refractivity contribution in [1.82, 2.24) is 19.6 Å². The Kier molecular flexibility index (Phi) is 10.9. The van der Waals surface area contributed by atoms with Gasteiger partial charge in [-0.25, -0.2) is 9.59 Å². The van der Waals surface area contributed by atoms with Crippen LogP contribution in [0, 0.1) is 5.92 Å². The molecule has 4 rings (SSSR count). The van der Waals surface area contributed by atoms with E-state index in [0.29, 0.717) is 37.7 Å². The third-order valence-electron chi connectivity index (χ3n) is 8.86. The van der Waals surface area contributed by atoms with E-state index in [-0.39, 0.29) is 24.0 Å². The highest BCUT2D eigenvalue weighted by atomic mass is 16.6. The van der Waals surface area contributed by atoms with E-state index in [1.807, 2.05) is 12.1 Å². The van der Waals surface area contributed by atoms with Crippen LogP contribution in [-0.4, -0.2) is 98.2 Å². The fraction of sp³-hybridized carbons (Fsp3) is 0.636. The summed E-state index contributed by atoms with van der Waals surface area (Å²) in [5.74, 6) is 1.07. The molecular weight excluding hydrogens is 516 g/mol. The summed E-state index contributed by atoms with van der Waals surface area (Å²) in [6, 6.07) is 4.03. The maximum Gasteiger partial charge on any atom is 0.415 e. The molecule has 0 aromatic heterocycles. The molecule has 2 aliphatic heterocycles. The molecule has 1 aliphatic carbocycles. The number of hydrogen-bond donors (Lipinski definition) is 0. The van der Waals surface area contributed by atoms with Crippen LogP contribution in [0.2, 0.25) is 0 Å². The first-order chi connectivity index (χ1) is 19.7. The van der Waals surface area contributed by atoms with Crippen molar-refractivity contribution in [2.24, 2.45) is 5.92 Å². The van der Waals surface area contributed by atoms with Gasteiger partial charge in [0.25, 0.3) is 0 Å². The average Bonchev–Trinajstić information content (AvgIpc) is 2.93. The number of aryl methyl sites for hydroxylation is 1. The molecule has 0 saturated carbocycles. The minimum absolute atomic E-state index is 0.100. The molecule has 8 heteroatoms. The maximum absolute atomic E-state index is 13.5. The van der Waals surface area contributed by atoms with Gasteiger partial charge in [0.1, 0.15) is 11.5 Å². The number of rotatable bonds is 8. The van der Waals surface area contributed by atoms with Crippen molar-refractivity contribution in [1.29, 1.82) is 0 Å². The molecule has 0 N–H and O–H groups in total. The van der Waals surface area contributed by atoms with E-state index < -0.39 is 0 Å². The molecule has 0 unspecified atom stereocenters. The van der Waals surface area contributed by atoms with Gasteiger partial charge in [-0.05, 0) is 77.2 Å². The number of ether oxygens (including phenoxy) is 2. The molecule has 1 aromatic rings. The van der Waals surface area contributed by atoms with E-state index in [9.17, 15) is 9.59 Å². The molecular formula is C33H50N4O4. The third-order valence-corrected chi connectivity index (χ3v) is 8.86. The number of benzene rings is 1. The summed E-state index contributed by atoms with van der Waals surface area (Å²) < 4.78 is 12.5. The summed E-state index contributed by atoms with van der Waals surface area (Å²) in [5, 5.41) is 0. The van der Waals surface area contributed by atoms with Crippen LogP contribution in [0.5, 0.6) is 11.5 Å². The second kappa shape index (κ2) is 14.4. The predicted octanol–water partition coefficient (Wildman–Crippen LogP) is 5.93. The van der Waals surface area contributed by atoms with Gasteiger partial charge in [-0.2, -0.15) is 0 Å². The van der Waals surface area contributed by atoms with Crippen LogP contribution in [0.15, 0.2) is 35.9 Å². The molecule has 2 atom stereocenters. The summed E-state index contributed by atoms with van der Waals surface area (Å²) in [4.78, 5) is 35.0. The van der Waals surface area contributed by atoms with Crippen LogP contribution in [0.3, 0.4) is 0 Å². The molecule has 2 heterocycles. The van der Waals surface area contributed by atoms with Gasteiger partial charge >= 0.3 is 12.2 Å².